The van der Waals surface area contributed by atoms with Crippen molar-refractivity contribution < 1.29 is 4.74 Å². The molecule has 1 aliphatic rings. The fraction of sp³-hybridized carbons (Fsp3) is 0.375. The second kappa shape index (κ2) is 13.6. The highest BCUT2D eigenvalue weighted by Gasteiger charge is 2.20. The molecule has 2 heterocycles. The molecular formula is C24H30Cl4N4OS. The maximum absolute atomic E-state index is 6.20. The zero-order valence-corrected chi connectivity index (χ0v) is 23.2. The van der Waals surface area contributed by atoms with E-state index in [2.05, 4.69) is 32.7 Å². The Bertz CT molecular complexity index is 1030. The number of rotatable bonds is 8. The van der Waals surface area contributed by atoms with Gasteiger partial charge in [-0.15, -0.1) is 36.2 Å². The number of methoxy groups -OCH3 is 1. The van der Waals surface area contributed by atoms with Crippen LogP contribution >= 0.6 is 59.4 Å². The quantitative estimate of drug-likeness (QED) is 0.296. The normalized spacial score (nSPS) is 13.7. The van der Waals surface area contributed by atoms with Crippen molar-refractivity contribution in [1.29, 1.82) is 0 Å². The van der Waals surface area contributed by atoms with Crippen LogP contribution in [0.1, 0.15) is 12.0 Å². The van der Waals surface area contributed by atoms with Gasteiger partial charge in [-0.1, -0.05) is 29.3 Å². The van der Waals surface area contributed by atoms with Crippen molar-refractivity contribution in [3.8, 4) is 5.75 Å². The number of thiazole rings is 1. The molecule has 0 spiro atoms. The summed E-state index contributed by atoms with van der Waals surface area (Å²) in [6.45, 7) is 8.13. The summed E-state index contributed by atoms with van der Waals surface area (Å²) in [5.41, 5.74) is 3.44. The predicted octanol–water partition coefficient (Wildman–Crippen LogP) is 6.96. The lowest BCUT2D eigenvalue weighted by atomic mass is 10.1. The number of benzene rings is 2. The number of nitrogens with zero attached hydrogens (tertiary/aromatic N) is 4. The SMILES string of the molecule is COc1cccc(N(CCCN2CCN(c3ccc(Cl)c(Cl)c3)CC2)c2nccs2)c1C.Cl.Cl. The zero-order chi connectivity index (χ0) is 22.5. The lowest BCUT2D eigenvalue weighted by Crippen LogP contribution is -2.47. The summed E-state index contributed by atoms with van der Waals surface area (Å²) in [4.78, 5) is 11.8. The standard InChI is InChI=1S/C24H28Cl2N4OS.2ClH/c1-18-22(5-3-6-23(18)31-2)30(24-27-9-16-32-24)11-4-10-28-12-14-29(15-13-28)19-7-8-20(25)21(26)17-19;;/h3,5-9,16-17H,4,10-15H2,1-2H3;2*1H. The minimum Gasteiger partial charge on any atom is -0.496 e. The van der Waals surface area contributed by atoms with Crippen LogP contribution in [0, 0.1) is 6.92 Å². The van der Waals surface area contributed by atoms with E-state index in [4.69, 9.17) is 27.9 Å². The fourth-order valence-corrected chi connectivity index (χ4v) is 5.12. The Kier molecular flexibility index (Phi) is 11.5. The molecule has 0 bridgehead atoms. The number of hydrogen-bond donors (Lipinski definition) is 0. The Morgan fingerprint density at radius 2 is 1.82 bits per heavy atom. The zero-order valence-electron chi connectivity index (χ0n) is 19.2. The molecule has 0 radical (unpaired) electrons. The van der Waals surface area contributed by atoms with Crippen LogP contribution in [0.15, 0.2) is 48.0 Å². The van der Waals surface area contributed by atoms with Gasteiger partial charge in [0.2, 0.25) is 0 Å². The van der Waals surface area contributed by atoms with E-state index in [0.717, 1.165) is 73.5 Å². The fourth-order valence-electron chi connectivity index (χ4n) is 4.15. The van der Waals surface area contributed by atoms with Gasteiger partial charge in [0.15, 0.2) is 5.13 Å². The van der Waals surface area contributed by atoms with Gasteiger partial charge in [-0.3, -0.25) is 4.90 Å². The Hall–Kier alpha value is -1.41. The number of ether oxygens (including phenoxy) is 1. The second-order valence-electron chi connectivity index (χ2n) is 7.85. The van der Waals surface area contributed by atoms with Crippen LogP contribution in [-0.4, -0.2) is 56.3 Å². The summed E-state index contributed by atoms with van der Waals surface area (Å²) >= 11 is 13.9. The number of anilines is 3. The van der Waals surface area contributed by atoms with Crippen LogP contribution in [0.5, 0.6) is 5.75 Å². The van der Waals surface area contributed by atoms with E-state index in [-0.39, 0.29) is 24.8 Å². The second-order valence-corrected chi connectivity index (χ2v) is 9.54. The molecule has 0 amide bonds. The summed E-state index contributed by atoms with van der Waals surface area (Å²) in [7, 11) is 1.72. The first-order valence-electron chi connectivity index (χ1n) is 10.8. The van der Waals surface area contributed by atoms with Crippen molar-refractivity contribution in [3.63, 3.8) is 0 Å². The van der Waals surface area contributed by atoms with Crippen LogP contribution < -0.4 is 14.5 Å². The molecule has 10 heteroatoms. The Balaban J connectivity index is 0.00000204. The summed E-state index contributed by atoms with van der Waals surface area (Å²) in [6, 6.07) is 12.1. The number of aromatic nitrogens is 1. The summed E-state index contributed by atoms with van der Waals surface area (Å²) in [5, 5.41) is 4.26. The van der Waals surface area contributed by atoms with Crippen LogP contribution in [0.2, 0.25) is 10.0 Å². The molecule has 0 unspecified atom stereocenters. The first-order chi connectivity index (χ1) is 15.6. The maximum Gasteiger partial charge on any atom is 0.189 e. The molecule has 0 saturated carbocycles. The van der Waals surface area contributed by atoms with Crippen molar-refractivity contribution in [2.45, 2.75) is 13.3 Å². The molecular weight excluding hydrogens is 534 g/mol. The average Bonchev–Trinajstić information content (AvgIpc) is 3.34. The minimum atomic E-state index is 0. The van der Waals surface area contributed by atoms with Gasteiger partial charge in [-0.05, 0) is 50.2 Å². The van der Waals surface area contributed by atoms with E-state index in [0.29, 0.717) is 10.0 Å². The van der Waals surface area contributed by atoms with E-state index >= 15 is 0 Å². The van der Waals surface area contributed by atoms with Crippen LogP contribution in [0.3, 0.4) is 0 Å². The van der Waals surface area contributed by atoms with Crippen LogP contribution in [0.25, 0.3) is 0 Å². The van der Waals surface area contributed by atoms with Crippen molar-refractivity contribution in [2.75, 3.05) is 56.2 Å². The minimum absolute atomic E-state index is 0. The third kappa shape index (κ3) is 6.84. The van der Waals surface area contributed by atoms with Crippen molar-refractivity contribution in [3.05, 3.63) is 63.6 Å². The molecule has 5 nitrogen and oxygen atoms in total. The molecule has 2 aromatic carbocycles. The van der Waals surface area contributed by atoms with Gasteiger partial charge < -0.3 is 14.5 Å². The monoisotopic (exact) mass is 562 g/mol. The van der Waals surface area contributed by atoms with Gasteiger partial charge in [-0.25, -0.2) is 4.98 Å². The van der Waals surface area contributed by atoms with E-state index < -0.39 is 0 Å². The summed E-state index contributed by atoms with van der Waals surface area (Å²) < 4.78 is 5.54. The lowest BCUT2D eigenvalue weighted by Gasteiger charge is -2.36. The first kappa shape index (κ1) is 28.8. The molecule has 1 aromatic heterocycles. The molecule has 1 saturated heterocycles. The first-order valence-corrected chi connectivity index (χ1v) is 12.4. The van der Waals surface area contributed by atoms with Crippen molar-refractivity contribution in [2.24, 2.45) is 0 Å². The smallest absolute Gasteiger partial charge is 0.189 e. The summed E-state index contributed by atoms with van der Waals surface area (Å²) in [6.07, 6.45) is 2.92. The highest BCUT2D eigenvalue weighted by molar-refractivity contribution is 7.13. The van der Waals surface area contributed by atoms with Gasteiger partial charge in [0.05, 0.1) is 17.2 Å². The third-order valence-electron chi connectivity index (χ3n) is 5.91. The van der Waals surface area contributed by atoms with E-state index in [1.54, 1.807) is 18.4 Å². The number of piperazine rings is 1. The van der Waals surface area contributed by atoms with E-state index in [9.17, 15) is 0 Å². The Morgan fingerprint density at radius 3 is 2.47 bits per heavy atom. The van der Waals surface area contributed by atoms with Gasteiger partial charge >= 0.3 is 0 Å². The molecule has 0 aliphatic carbocycles. The molecule has 0 atom stereocenters. The van der Waals surface area contributed by atoms with Crippen molar-refractivity contribution >= 4 is 75.9 Å². The number of halogens is 4. The highest BCUT2D eigenvalue weighted by atomic mass is 35.5. The molecule has 1 fully saturated rings. The highest BCUT2D eigenvalue weighted by Crippen LogP contribution is 2.34. The largest absolute Gasteiger partial charge is 0.496 e. The number of hydrogen-bond acceptors (Lipinski definition) is 6. The van der Waals surface area contributed by atoms with Gasteiger partial charge in [0.1, 0.15) is 5.75 Å². The Morgan fingerprint density at radius 1 is 1.06 bits per heavy atom. The molecule has 1 aliphatic heterocycles. The van der Waals surface area contributed by atoms with Crippen molar-refractivity contribution in [1.82, 2.24) is 9.88 Å². The van der Waals surface area contributed by atoms with E-state index in [1.165, 1.54) is 0 Å². The predicted molar refractivity (Wildman–Crippen MR) is 151 cm³/mol. The van der Waals surface area contributed by atoms with E-state index in [1.807, 2.05) is 41.9 Å². The molecule has 3 aromatic rings. The maximum atomic E-state index is 6.20. The topological polar surface area (TPSA) is 31.8 Å². The third-order valence-corrected chi connectivity index (χ3v) is 7.45. The van der Waals surface area contributed by atoms with Gasteiger partial charge in [0, 0.05) is 61.2 Å². The molecule has 0 N–H and O–H groups in total. The lowest BCUT2D eigenvalue weighted by molar-refractivity contribution is 0.256. The van der Waals surface area contributed by atoms with Crippen LogP contribution in [-0.2, 0) is 0 Å². The molecule has 34 heavy (non-hydrogen) atoms. The van der Waals surface area contributed by atoms with Gasteiger partial charge in [0.25, 0.3) is 0 Å². The molecule has 186 valence electrons. The molecule has 4 rings (SSSR count). The average molecular weight is 564 g/mol. The van der Waals surface area contributed by atoms with Gasteiger partial charge in [-0.2, -0.15) is 0 Å². The summed E-state index contributed by atoms with van der Waals surface area (Å²) in [5.74, 6) is 0.905. The van der Waals surface area contributed by atoms with Crippen LogP contribution in [0.4, 0.5) is 16.5 Å². The Labute approximate surface area is 228 Å².